The maximum absolute atomic E-state index is 12.1. The molecule has 0 saturated heterocycles. The second kappa shape index (κ2) is 8.04. The molecule has 0 saturated carbocycles. The van der Waals surface area contributed by atoms with Crippen molar-refractivity contribution in [3.8, 4) is 22.6 Å². The van der Waals surface area contributed by atoms with Crippen molar-refractivity contribution in [2.24, 2.45) is 0 Å². The van der Waals surface area contributed by atoms with Crippen LogP contribution in [0.5, 0.6) is 0 Å². The van der Waals surface area contributed by atoms with Crippen LogP contribution in [0.3, 0.4) is 0 Å². The van der Waals surface area contributed by atoms with E-state index < -0.39 is 0 Å². The smallest absolute Gasteiger partial charge is 0.288 e. The van der Waals surface area contributed by atoms with Crippen molar-refractivity contribution < 1.29 is 4.79 Å². The fourth-order valence-corrected chi connectivity index (χ4v) is 3.42. The number of pyridine rings is 1. The minimum Gasteiger partial charge on any atom is -0.352 e. The molecule has 0 aliphatic rings. The molecule has 4 aromatic rings. The van der Waals surface area contributed by atoms with E-state index in [1.54, 1.807) is 19.3 Å². The SMILES string of the molecule is CNC(=O)c1nccc(-c2c(-c3ccc(C)cc3)nc3cc(CN(C)C)ccn23)n1. The van der Waals surface area contributed by atoms with E-state index in [0.29, 0.717) is 5.69 Å². The van der Waals surface area contributed by atoms with Crippen LogP contribution in [0.4, 0.5) is 0 Å². The highest BCUT2D eigenvalue weighted by atomic mass is 16.2. The summed E-state index contributed by atoms with van der Waals surface area (Å²) in [4.78, 5) is 27.8. The Labute approximate surface area is 175 Å². The second-order valence-corrected chi connectivity index (χ2v) is 7.52. The zero-order valence-electron chi connectivity index (χ0n) is 17.5. The van der Waals surface area contributed by atoms with Gasteiger partial charge in [-0.05, 0) is 44.8 Å². The van der Waals surface area contributed by atoms with Gasteiger partial charge in [-0.1, -0.05) is 29.8 Å². The van der Waals surface area contributed by atoms with Gasteiger partial charge in [0.1, 0.15) is 5.65 Å². The molecule has 0 aliphatic carbocycles. The summed E-state index contributed by atoms with van der Waals surface area (Å²) >= 11 is 0. The summed E-state index contributed by atoms with van der Waals surface area (Å²) in [5, 5.41) is 2.58. The average molecular weight is 400 g/mol. The van der Waals surface area contributed by atoms with E-state index in [2.05, 4.69) is 63.5 Å². The van der Waals surface area contributed by atoms with E-state index in [-0.39, 0.29) is 11.7 Å². The standard InChI is InChI=1S/C23H24N6O/c1-15-5-7-17(8-6-15)20-21(18-9-11-25-22(26-18)23(30)24-2)29-12-10-16(14-28(3)4)13-19(29)27-20/h5-13H,14H2,1-4H3,(H,24,30). The first-order valence-electron chi connectivity index (χ1n) is 9.74. The van der Waals surface area contributed by atoms with Gasteiger partial charge in [-0.2, -0.15) is 0 Å². The van der Waals surface area contributed by atoms with Gasteiger partial charge in [0.05, 0.1) is 17.1 Å². The van der Waals surface area contributed by atoms with Crippen molar-refractivity contribution >= 4 is 11.6 Å². The highest BCUT2D eigenvalue weighted by Crippen LogP contribution is 2.32. The molecule has 0 atom stereocenters. The fourth-order valence-electron chi connectivity index (χ4n) is 3.42. The molecule has 0 unspecified atom stereocenters. The van der Waals surface area contributed by atoms with Gasteiger partial charge in [-0.15, -0.1) is 0 Å². The van der Waals surface area contributed by atoms with Crippen molar-refractivity contribution in [2.75, 3.05) is 21.1 Å². The van der Waals surface area contributed by atoms with Crippen LogP contribution in [0.15, 0.2) is 54.9 Å². The summed E-state index contributed by atoms with van der Waals surface area (Å²) in [6.07, 6.45) is 3.61. The number of fused-ring (bicyclic) bond motifs is 1. The van der Waals surface area contributed by atoms with E-state index in [0.717, 1.165) is 29.1 Å². The van der Waals surface area contributed by atoms with E-state index in [1.165, 1.54) is 11.1 Å². The maximum atomic E-state index is 12.1. The summed E-state index contributed by atoms with van der Waals surface area (Å²) in [5.41, 5.74) is 6.48. The number of hydrogen-bond acceptors (Lipinski definition) is 5. The van der Waals surface area contributed by atoms with E-state index >= 15 is 0 Å². The fraction of sp³-hybridized carbons (Fsp3) is 0.217. The molecular formula is C23H24N6O. The van der Waals surface area contributed by atoms with Crippen molar-refractivity contribution in [3.05, 3.63) is 71.8 Å². The first kappa shape index (κ1) is 19.7. The summed E-state index contributed by atoms with van der Waals surface area (Å²) in [7, 11) is 5.65. The zero-order chi connectivity index (χ0) is 21.3. The summed E-state index contributed by atoms with van der Waals surface area (Å²) < 4.78 is 2.02. The van der Waals surface area contributed by atoms with Gasteiger partial charge >= 0.3 is 0 Å². The molecule has 1 N–H and O–H groups in total. The molecule has 152 valence electrons. The van der Waals surface area contributed by atoms with Crippen LogP contribution in [0.1, 0.15) is 21.7 Å². The number of amides is 1. The maximum Gasteiger partial charge on any atom is 0.288 e. The highest BCUT2D eigenvalue weighted by Gasteiger charge is 2.19. The number of nitrogens with zero attached hydrogens (tertiary/aromatic N) is 5. The molecule has 7 nitrogen and oxygen atoms in total. The number of benzene rings is 1. The number of aromatic nitrogens is 4. The molecule has 3 heterocycles. The van der Waals surface area contributed by atoms with Gasteiger partial charge < -0.3 is 10.2 Å². The minimum atomic E-state index is -0.323. The van der Waals surface area contributed by atoms with Crippen LogP contribution in [-0.4, -0.2) is 51.3 Å². The lowest BCUT2D eigenvalue weighted by Gasteiger charge is -2.10. The lowest BCUT2D eigenvalue weighted by atomic mass is 10.1. The Kier molecular flexibility index (Phi) is 5.29. The van der Waals surface area contributed by atoms with Crippen LogP contribution in [0.25, 0.3) is 28.3 Å². The van der Waals surface area contributed by atoms with Crippen LogP contribution in [0, 0.1) is 6.92 Å². The Balaban J connectivity index is 1.94. The minimum absolute atomic E-state index is 0.129. The molecule has 0 bridgehead atoms. The van der Waals surface area contributed by atoms with Crippen molar-refractivity contribution in [3.63, 3.8) is 0 Å². The second-order valence-electron chi connectivity index (χ2n) is 7.52. The lowest BCUT2D eigenvalue weighted by molar-refractivity contribution is 0.0953. The molecule has 1 aromatic carbocycles. The van der Waals surface area contributed by atoms with E-state index in [9.17, 15) is 4.79 Å². The van der Waals surface area contributed by atoms with Gasteiger partial charge in [-0.3, -0.25) is 9.20 Å². The molecular weight excluding hydrogens is 376 g/mol. The number of imidazole rings is 1. The summed E-state index contributed by atoms with van der Waals surface area (Å²) in [6.45, 7) is 2.88. The molecule has 30 heavy (non-hydrogen) atoms. The third-order valence-corrected chi connectivity index (χ3v) is 4.84. The number of rotatable bonds is 5. The first-order valence-corrected chi connectivity index (χ1v) is 9.74. The van der Waals surface area contributed by atoms with Crippen molar-refractivity contribution in [1.82, 2.24) is 29.6 Å². The van der Waals surface area contributed by atoms with Gasteiger partial charge in [0.25, 0.3) is 5.91 Å². The van der Waals surface area contributed by atoms with Crippen molar-refractivity contribution in [2.45, 2.75) is 13.5 Å². The summed E-state index contributed by atoms with van der Waals surface area (Å²) in [5.74, 6) is -0.195. The Hall–Kier alpha value is -3.58. The van der Waals surface area contributed by atoms with Crippen LogP contribution in [-0.2, 0) is 6.54 Å². The Bertz CT molecular complexity index is 1210. The predicted octanol–water partition coefficient (Wildman–Crippen LogP) is 3.19. The molecule has 7 heteroatoms. The molecule has 0 spiro atoms. The number of hydrogen-bond donors (Lipinski definition) is 1. The Morgan fingerprint density at radius 2 is 1.87 bits per heavy atom. The van der Waals surface area contributed by atoms with Crippen LogP contribution < -0.4 is 5.32 Å². The predicted molar refractivity (Wildman–Crippen MR) is 117 cm³/mol. The zero-order valence-corrected chi connectivity index (χ0v) is 17.5. The topological polar surface area (TPSA) is 75.4 Å². The molecule has 0 aliphatic heterocycles. The van der Waals surface area contributed by atoms with Gasteiger partial charge in [0, 0.05) is 31.5 Å². The number of carbonyl (C=O) groups excluding carboxylic acids is 1. The first-order chi connectivity index (χ1) is 14.5. The van der Waals surface area contributed by atoms with Crippen LogP contribution >= 0.6 is 0 Å². The molecule has 1 amide bonds. The molecule has 3 aromatic heterocycles. The highest BCUT2D eigenvalue weighted by molar-refractivity contribution is 5.91. The number of aryl methyl sites for hydroxylation is 1. The summed E-state index contributed by atoms with van der Waals surface area (Å²) in [6, 6.07) is 14.2. The van der Waals surface area contributed by atoms with Gasteiger partial charge in [0.2, 0.25) is 5.82 Å². The largest absolute Gasteiger partial charge is 0.352 e. The normalized spacial score (nSPS) is 11.2. The average Bonchev–Trinajstić information content (AvgIpc) is 3.12. The third kappa shape index (κ3) is 3.79. The van der Waals surface area contributed by atoms with Crippen molar-refractivity contribution in [1.29, 1.82) is 0 Å². The molecule has 0 fully saturated rings. The lowest BCUT2D eigenvalue weighted by Crippen LogP contribution is -2.20. The Morgan fingerprint density at radius 3 is 2.57 bits per heavy atom. The number of nitrogens with one attached hydrogen (secondary N) is 1. The van der Waals surface area contributed by atoms with E-state index in [4.69, 9.17) is 4.98 Å². The third-order valence-electron chi connectivity index (χ3n) is 4.84. The Morgan fingerprint density at radius 1 is 1.10 bits per heavy atom. The van der Waals surface area contributed by atoms with Gasteiger partial charge in [0.15, 0.2) is 0 Å². The van der Waals surface area contributed by atoms with Gasteiger partial charge in [-0.25, -0.2) is 15.0 Å². The van der Waals surface area contributed by atoms with Crippen LogP contribution in [0.2, 0.25) is 0 Å². The monoisotopic (exact) mass is 400 g/mol. The molecule has 0 radical (unpaired) electrons. The number of carbonyl (C=O) groups is 1. The molecule has 4 rings (SSSR count). The quantitative estimate of drug-likeness (QED) is 0.557. The van der Waals surface area contributed by atoms with E-state index in [1.807, 2.05) is 24.7 Å².